The molecule has 0 unspecified atom stereocenters. The van der Waals surface area contributed by atoms with E-state index < -0.39 is 0 Å². The van der Waals surface area contributed by atoms with Gasteiger partial charge >= 0.3 is 0 Å². The zero-order valence-electron chi connectivity index (χ0n) is 9.09. The first kappa shape index (κ1) is 10.2. The van der Waals surface area contributed by atoms with Crippen molar-refractivity contribution in [3.63, 3.8) is 0 Å². The number of rotatable bonds is 3. The molecule has 88 valence electrons. The molecule has 0 saturated carbocycles. The van der Waals surface area contributed by atoms with E-state index in [-0.39, 0.29) is 6.10 Å². The molecule has 6 heteroatoms. The van der Waals surface area contributed by atoms with Crippen LogP contribution in [0.15, 0.2) is 24.3 Å². The third-order valence-electron chi connectivity index (χ3n) is 2.58. The minimum atomic E-state index is 0.0685. The molecular weight excluding hydrogens is 220 g/mol. The maximum Gasteiger partial charge on any atom is 0.241 e. The monoisotopic (exact) mass is 232 g/mol. The van der Waals surface area contributed by atoms with Gasteiger partial charge in [-0.25, -0.2) is 10.8 Å². The van der Waals surface area contributed by atoms with E-state index in [9.17, 15) is 0 Å². The highest BCUT2D eigenvalue weighted by Gasteiger charge is 2.22. The predicted octanol–water partition coefficient (Wildman–Crippen LogP) is 0.693. The summed E-state index contributed by atoms with van der Waals surface area (Å²) in [5.74, 6) is 6.22. The van der Waals surface area contributed by atoms with Gasteiger partial charge in [0.15, 0.2) is 0 Å². The standard InChI is InChI=1S/C11H12N4O2/c12-15-11-13-9-4-2-1-3-8(9)10(14-11)17-7-5-16-6-7/h1-4,7H,5-6,12H2,(H,13,14,15). The number of nitrogens with two attached hydrogens (primary N) is 1. The lowest BCUT2D eigenvalue weighted by Crippen LogP contribution is -2.38. The first-order valence-corrected chi connectivity index (χ1v) is 5.34. The molecule has 1 aromatic carbocycles. The third-order valence-corrected chi connectivity index (χ3v) is 2.58. The van der Waals surface area contributed by atoms with Crippen molar-refractivity contribution >= 4 is 16.9 Å². The number of ether oxygens (including phenoxy) is 2. The van der Waals surface area contributed by atoms with Crippen LogP contribution in [-0.4, -0.2) is 29.3 Å². The minimum absolute atomic E-state index is 0.0685. The minimum Gasteiger partial charge on any atom is -0.469 e. The number of benzene rings is 1. The van der Waals surface area contributed by atoms with Crippen LogP contribution in [0.25, 0.3) is 10.9 Å². The van der Waals surface area contributed by atoms with Crippen molar-refractivity contribution in [3.05, 3.63) is 24.3 Å². The zero-order chi connectivity index (χ0) is 11.7. The van der Waals surface area contributed by atoms with Gasteiger partial charge in [-0.15, -0.1) is 0 Å². The predicted molar refractivity (Wildman–Crippen MR) is 62.6 cm³/mol. The average Bonchev–Trinajstić information content (AvgIpc) is 2.33. The summed E-state index contributed by atoms with van der Waals surface area (Å²) < 4.78 is 10.8. The fraction of sp³-hybridized carbons (Fsp3) is 0.273. The number of hydrazine groups is 1. The van der Waals surface area contributed by atoms with Crippen LogP contribution in [-0.2, 0) is 4.74 Å². The largest absolute Gasteiger partial charge is 0.469 e. The Morgan fingerprint density at radius 2 is 2.12 bits per heavy atom. The molecule has 1 saturated heterocycles. The van der Waals surface area contributed by atoms with Gasteiger partial charge in [0.25, 0.3) is 0 Å². The molecule has 1 fully saturated rings. The van der Waals surface area contributed by atoms with Crippen LogP contribution in [0, 0.1) is 0 Å². The number of nitrogens with zero attached hydrogens (tertiary/aromatic N) is 2. The lowest BCUT2D eigenvalue weighted by atomic mass is 10.2. The average molecular weight is 232 g/mol. The molecule has 1 aliphatic rings. The van der Waals surface area contributed by atoms with E-state index in [4.69, 9.17) is 15.3 Å². The van der Waals surface area contributed by atoms with Gasteiger partial charge in [-0.1, -0.05) is 12.1 Å². The van der Waals surface area contributed by atoms with E-state index in [1.165, 1.54) is 0 Å². The number of nitrogens with one attached hydrogen (secondary N) is 1. The highest BCUT2D eigenvalue weighted by Crippen LogP contribution is 2.25. The van der Waals surface area contributed by atoms with Crippen molar-refractivity contribution in [1.82, 2.24) is 9.97 Å². The zero-order valence-corrected chi connectivity index (χ0v) is 9.09. The maximum atomic E-state index is 5.73. The smallest absolute Gasteiger partial charge is 0.241 e. The Morgan fingerprint density at radius 1 is 1.29 bits per heavy atom. The summed E-state index contributed by atoms with van der Waals surface area (Å²) in [6.07, 6.45) is 0.0685. The molecule has 0 bridgehead atoms. The molecule has 17 heavy (non-hydrogen) atoms. The van der Waals surface area contributed by atoms with Crippen molar-refractivity contribution in [1.29, 1.82) is 0 Å². The number of hydrogen-bond donors (Lipinski definition) is 2. The molecule has 2 heterocycles. The van der Waals surface area contributed by atoms with Crippen molar-refractivity contribution in [2.24, 2.45) is 5.84 Å². The molecule has 3 N–H and O–H groups in total. The van der Waals surface area contributed by atoms with Crippen molar-refractivity contribution in [2.75, 3.05) is 18.6 Å². The Kier molecular flexibility index (Phi) is 2.50. The van der Waals surface area contributed by atoms with Gasteiger partial charge in [0.05, 0.1) is 24.1 Å². The van der Waals surface area contributed by atoms with Gasteiger partial charge in [-0.05, 0) is 12.1 Å². The van der Waals surface area contributed by atoms with Gasteiger partial charge in [-0.3, -0.25) is 5.43 Å². The van der Waals surface area contributed by atoms with Crippen LogP contribution in [0.5, 0.6) is 5.88 Å². The summed E-state index contributed by atoms with van der Waals surface area (Å²) >= 11 is 0. The molecule has 3 rings (SSSR count). The van der Waals surface area contributed by atoms with Crippen molar-refractivity contribution < 1.29 is 9.47 Å². The summed E-state index contributed by atoms with van der Waals surface area (Å²) in [5.41, 5.74) is 3.23. The molecule has 2 aromatic rings. The van der Waals surface area contributed by atoms with Gasteiger partial charge in [0, 0.05) is 0 Å². The second-order valence-corrected chi connectivity index (χ2v) is 3.79. The molecule has 0 aliphatic carbocycles. The van der Waals surface area contributed by atoms with Gasteiger partial charge in [0.2, 0.25) is 11.8 Å². The van der Waals surface area contributed by atoms with E-state index in [0.717, 1.165) is 10.9 Å². The Balaban J connectivity index is 2.05. The summed E-state index contributed by atoms with van der Waals surface area (Å²) in [6, 6.07) is 7.64. The Hall–Kier alpha value is -1.92. The van der Waals surface area contributed by atoms with Crippen molar-refractivity contribution in [2.45, 2.75) is 6.10 Å². The number of para-hydroxylation sites is 1. The van der Waals surface area contributed by atoms with Crippen LogP contribution in [0.1, 0.15) is 0 Å². The maximum absolute atomic E-state index is 5.73. The van der Waals surface area contributed by atoms with E-state index in [1.54, 1.807) is 0 Å². The Morgan fingerprint density at radius 3 is 2.82 bits per heavy atom. The van der Waals surface area contributed by atoms with Crippen molar-refractivity contribution in [3.8, 4) is 5.88 Å². The molecule has 0 amide bonds. The molecule has 1 aromatic heterocycles. The SMILES string of the molecule is NNc1nc(OC2COC2)c2ccccc2n1. The van der Waals surface area contributed by atoms with Crippen LogP contribution < -0.4 is 16.0 Å². The first-order valence-electron chi connectivity index (χ1n) is 5.34. The molecule has 0 spiro atoms. The first-order chi connectivity index (χ1) is 8.36. The fourth-order valence-corrected chi connectivity index (χ4v) is 1.64. The van der Waals surface area contributed by atoms with Crippen LogP contribution in [0.2, 0.25) is 0 Å². The molecule has 1 aliphatic heterocycles. The summed E-state index contributed by atoms with van der Waals surface area (Å²) in [5, 5.41) is 0.874. The van der Waals surface area contributed by atoms with Gasteiger partial charge in [0.1, 0.15) is 6.10 Å². The van der Waals surface area contributed by atoms with Crippen LogP contribution in [0.3, 0.4) is 0 Å². The highest BCUT2D eigenvalue weighted by molar-refractivity contribution is 5.84. The topological polar surface area (TPSA) is 82.3 Å². The summed E-state index contributed by atoms with van der Waals surface area (Å²) in [4.78, 5) is 8.46. The second kappa shape index (κ2) is 4.15. The van der Waals surface area contributed by atoms with Crippen LogP contribution >= 0.6 is 0 Å². The number of fused-ring (bicyclic) bond motifs is 1. The number of anilines is 1. The lowest BCUT2D eigenvalue weighted by Gasteiger charge is -2.26. The number of hydrogen-bond acceptors (Lipinski definition) is 6. The molecule has 6 nitrogen and oxygen atoms in total. The Labute approximate surface area is 97.7 Å². The van der Waals surface area contributed by atoms with Gasteiger partial charge in [-0.2, -0.15) is 4.98 Å². The second-order valence-electron chi connectivity index (χ2n) is 3.79. The normalized spacial score (nSPS) is 15.6. The molecule has 0 atom stereocenters. The van der Waals surface area contributed by atoms with Crippen LogP contribution in [0.4, 0.5) is 5.95 Å². The number of nitrogen functional groups attached to an aromatic ring is 1. The van der Waals surface area contributed by atoms with E-state index in [2.05, 4.69) is 15.4 Å². The highest BCUT2D eigenvalue weighted by atomic mass is 16.6. The lowest BCUT2D eigenvalue weighted by molar-refractivity contribution is -0.0806. The third kappa shape index (κ3) is 1.88. The summed E-state index contributed by atoms with van der Waals surface area (Å²) in [6.45, 7) is 1.20. The van der Waals surface area contributed by atoms with E-state index >= 15 is 0 Å². The quantitative estimate of drug-likeness (QED) is 0.598. The molecular formula is C11H12N4O2. The summed E-state index contributed by atoms with van der Waals surface area (Å²) in [7, 11) is 0. The van der Waals surface area contributed by atoms with Gasteiger partial charge < -0.3 is 9.47 Å². The number of aromatic nitrogens is 2. The van der Waals surface area contributed by atoms with E-state index in [0.29, 0.717) is 25.0 Å². The van der Waals surface area contributed by atoms with E-state index in [1.807, 2.05) is 24.3 Å². The fourth-order valence-electron chi connectivity index (χ4n) is 1.64. The Bertz CT molecular complexity index is 542. The molecule has 0 radical (unpaired) electrons.